The van der Waals surface area contributed by atoms with E-state index < -0.39 is 80.4 Å². The molecular formula is C24H35FN5O11P. The van der Waals surface area contributed by atoms with Crippen molar-refractivity contribution in [1.29, 1.82) is 0 Å². The minimum Gasteiger partial charge on any atom is -0.437 e. The number of fused-ring (bicyclic) bond motifs is 1. The molecule has 42 heavy (non-hydrogen) atoms. The number of halogens is 1. The number of carbonyl (C=O) groups excluding carboxylic acids is 2. The van der Waals surface area contributed by atoms with Crippen LogP contribution in [0.5, 0.6) is 0 Å². The van der Waals surface area contributed by atoms with Crippen molar-refractivity contribution in [2.75, 3.05) is 25.9 Å². The molecule has 4 atom stereocenters. The second-order valence-electron chi connectivity index (χ2n) is 11.4. The number of aliphatic hydroxyl groups excluding tert-OH is 1. The van der Waals surface area contributed by atoms with Crippen LogP contribution in [0.25, 0.3) is 11.2 Å². The molecule has 3 rings (SSSR count). The number of nitrogens with zero attached hydrogens (tertiary/aromatic N) is 3. The maximum absolute atomic E-state index is 15.5. The van der Waals surface area contributed by atoms with Gasteiger partial charge in [-0.05, 0) is 41.5 Å². The van der Waals surface area contributed by atoms with E-state index in [1.165, 1.54) is 0 Å². The Morgan fingerprint density at radius 1 is 1.19 bits per heavy atom. The van der Waals surface area contributed by atoms with Gasteiger partial charge in [-0.3, -0.25) is 28.5 Å². The maximum atomic E-state index is 15.5. The third kappa shape index (κ3) is 7.22. The van der Waals surface area contributed by atoms with E-state index in [0.717, 1.165) is 17.0 Å². The molecule has 0 radical (unpaired) electrons. The van der Waals surface area contributed by atoms with E-state index in [-0.39, 0.29) is 17.1 Å². The summed E-state index contributed by atoms with van der Waals surface area (Å²) in [5, 5.41) is 10.8. The summed E-state index contributed by atoms with van der Waals surface area (Å²) in [6, 6.07) is 0. The van der Waals surface area contributed by atoms with Crippen molar-refractivity contribution < 1.29 is 51.4 Å². The van der Waals surface area contributed by atoms with Crippen LogP contribution >= 0.6 is 7.82 Å². The van der Waals surface area contributed by atoms with E-state index in [4.69, 9.17) is 33.5 Å². The van der Waals surface area contributed by atoms with E-state index in [1.807, 2.05) is 0 Å². The summed E-state index contributed by atoms with van der Waals surface area (Å²) in [6.45, 7) is 10.4. The average molecular weight is 620 g/mol. The Kier molecular flexibility index (Phi) is 9.66. The van der Waals surface area contributed by atoms with Crippen molar-refractivity contribution in [3.63, 3.8) is 0 Å². The van der Waals surface area contributed by atoms with Crippen LogP contribution in [0, 0.1) is 10.8 Å². The largest absolute Gasteiger partial charge is 0.480 e. The number of rotatable bonds is 11. The first-order valence-corrected chi connectivity index (χ1v) is 14.0. The van der Waals surface area contributed by atoms with Crippen molar-refractivity contribution in [1.82, 2.24) is 19.5 Å². The summed E-state index contributed by atoms with van der Waals surface area (Å²) >= 11 is 0. The molecule has 1 fully saturated rings. The summed E-state index contributed by atoms with van der Waals surface area (Å²) < 4.78 is 61.2. The number of nitrogen functional groups attached to an aromatic ring is 1. The van der Waals surface area contributed by atoms with Gasteiger partial charge in [0.05, 0.1) is 23.8 Å². The van der Waals surface area contributed by atoms with Crippen molar-refractivity contribution in [2.45, 2.75) is 65.6 Å². The zero-order chi connectivity index (χ0) is 31.7. The van der Waals surface area contributed by atoms with Gasteiger partial charge in [-0.15, -0.1) is 6.58 Å². The summed E-state index contributed by atoms with van der Waals surface area (Å²) in [6.07, 6.45) is -3.64. The van der Waals surface area contributed by atoms with Gasteiger partial charge in [-0.25, -0.2) is 23.0 Å². The number of esters is 2. The fraction of sp³-hybridized carbons (Fsp3) is 0.625. The molecule has 1 aliphatic rings. The molecule has 4 N–H and O–H groups in total. The smallest absolute Gasteiger partial charge is 0.437 e. The highest BCUT2D eigenvalue weighted by Crippen LogP contribution is 2.52. The Labute approximate surface area is 239 Å². The van der Waals surface area contributed by atoms with Gasteiger partial charge in [0.1, 0.15) is 11.7 Å². The lowest BCUT2D eigenvalue weighted by atomic mass is 9.97. The Hall–Kier alpha value is -3.21. The van der Waals surface area contributed by atoms with Gasteiger partial charge in [0.2, 0.25) is 19.5 Å². The molecule has 234 valence electrons. The van der Waals surface area contributed by atoms with Gasteiger partial charge in [-0.1, -0.05) is 6.08 Å². The monoisotopic (exact) mass is 619 g/mol. The minimum absolute atomic E-state index is 0.129. The first kappa shape index (κ1) is 33.3. The Morgan fingerprint density at radius 2 is 1.74 bits per heavy atom. The number of aromatic nitrogens is 4. The van der Waals surface area contributed by atoms with Gasteiger partial charge in [-0.2, -0.15) is 4.98 Å². The number of phosphoric ester groups is 1. The molecule has 0 saturated carbocycles. The van der Waals surface area contributed by atoms with E-state index in [9.17, 15) is 24.1 Å². The van der Waals surface area contributed by atoms with Gasteiger partial charge < -0.3 is 25.1 Å². The predicted molar refractivity (Wildman–Crippen MR) is 143 cm³/mol. The van der Waals surface area contributed by atoms with Gasteiger partial charge in [0.15, 0.2) is 23.6 Å². The lowest BCUT2D eigenvalue weighted by molar-refractivity contribution is -0.164. The number of H-pyrrole nitrogens is 1. The molecule has 0 spiro atoms. The fourth-order valence-corrected chi connectivity index (χ4v) is 4.43. The molecule has 3 heterocycles. The van der Waals surface area contributed by atoms with Crippen LogP contribution in [0.1, 0.15) is 47.8 Å². The molecule has 0 aliphatic carbocycles. The number of imidazole rings is 1. The summed E-state index contributed by atoms with van der Waals surface area (Å²) in [5.41, 5.74) is 0.737. The minimum atomic E-state index is -4.73. The van der Waals surface area contributed by atoms with Crippen molar-refractivity contribution in [3.05, 3.63) is 29.3 Å². The zero-order valence-electron chi connectivity index (χ0n) is 24.0. The standard InChI is InChI=1S/C24H35FN5O11P/c1-8-24(15(31)13(25)18(41-24)30-10-27-14-16(30)28-21(26)29-17(14)32)9-38-42(35,39-11-36-19(33)22(2,3)4)40-12-37-20(34)23(5,6)7/h8,10,13,15,18,31H,1,9,11-12H2,2-7H3,(H3,26,28,29,32)/t13-,15+,18?,24-/m1/s1. The average Bonchev–Trinajstić information content (AvgIpc) is 3.41. The number of carbonyl (C=O) groups is 2. The number of anilines is 1. The quantitative estimate of drug-likeness (QED) is 0.142. The topological polar surface area (TPSA) is 216 Å². The van der Waals surface area contributed by atoms with Crippen LogP contribution in [0.4, 0.5) is 10.3 Å². The van der Waals surface area contributed by atoms with E-state index >= 15 is 4.39 Å². The third-order valence-corrected chi connectivity index (χ3v) is 7.25. The third-order valence-electron chi connectivity index (χ3n) is 5.96. The van der Waals surface area contributed by atoms with Crippen LogP contribution < -0.4 is 11.3 Å². The van der Waals surface area contributed by atoms with E-state index in [1.54, 1.807) is 41.5 Å². The molecule has 1 unspecified atom stereocenters. The second kappa shape index (κ2) is 12.2. The number of alkyl halides is 1. The number of aliphatic hydroxyl groups is 1. The van der Waals surface area contributed by atoms with Crippen LogP contribution in [-0.2, 0) is 41.9 Å². The van der Waals surface area contributed by atoms with Gasteiger partial charge in [0.25, 0.3) is 5.56 Å². The van der Waals surface area contributed by atoms with Crippen molar-refractivity contribution >= 4 is 36.9 Å². The zero-order valence-corrected chi connectivity index (χ0v) is 24.9. The molecule has 0 amide bonds. The molecule has 1 aliphatic heterocycles. The molecular weight excluding hydrogens is 584 g/mol. The number of hydrogen-bond donors (Lipinski definition) is 3. The lowest BCUT2D eigenvalue weighted by Gasteiger charge is -2.29. The molecule has 0 bridgehead atoms. The Bertz CT molecular complexity index is 1400. The Balaban J connectivity index is 1.82. The number of ether oxygens (including phenoxy) is 3. The maximum Gasteiger partial charge on any atom is 0.480 e. The fourth-order valence-electron chi connectivity index (χ4n) is 3.49. The van der Waals surface area contributed by atoms with Crippen LogP contribution in [0.2, 0.25) is 0 Å². The summed E-state index contributed by atoms with van der Waals surface area (Å²) in [4.78, 5) is 46.5. The molecule has 0 aromatic carbocycles. The van der Waals surface area contributed by atoms with Crippen LogP contribution in [0.15, 0.2) is 23.8 Å². The van der Waals surface area contributed by atoms with Crippen molar-refractivity contribution in [3.8, 4) is 0 Å². The normalized spacial score (nSPS) is 23.2. The molecule has 1 saturated heterocycles. The summed E-state index contributed by atoms with van der Waals surface area (Å²) in [5.74, 6) is -1.67. The van der Waals surface area contributed by atoms with Crippen LogP contribution in [0.3, 0.4) is 0 Å². The second-order valence-corrected chi connectivity index (χ2v) is 13.1. The molecule has 2 aromatic heterocycles. The highest BCUT2D eigenvalue weighted by molar-refractivity contribution is 7.48. The number of nitrogens with one attached hydrogen (secondary N) is 1. The highest BCUT2D eigenvalue weighted by Gasteiger charge is 2.56. The van der Waals surface area contributed by atoms with Gasteiger partial charge >= 0.3 is 19.8 Å². The molecule has 16 nitrogen and oxygen atoms in total. The first-order chi connectivity index (χ1) is 19.3. The number of nitrogens with two attached hydrogens (primary N) is 1. The lowest BCUT2D eigenvalue weighted by Crippen LogP contribution is -2.44. The first-order valence-electron chi connectivity index (χ1n) is 12.6. The number of aromatic amines is 1. The molecule has 18 heteroatoms. The van der Waals surface area contributed by atoms with E-state index in [0.29, 0.717) is 0 Å². The molecule has 2 aromatic rings. The highest BCUT2D eigenvalue weighted by atomic mass is 31.2. The summed E-state index contributed by atoms with van der Waals surface area (Å²) in [7, 11) is -4.73. The predicted octanol–water partition coefficient (Wildman–Crippen LogP) is 2.11. The number of hydrogen-bond acceptors (Lipinski definition) is 14. The van der Waals surface area contributed by atoms with Crippen LogP contribution in [-0.4, -0.2) is 74.6 Å². The van der Waals surface area contributed by atoms with E-state index in [2.05, 4.69) is 21.5 Å². The van der Waals surface area contributed by atoms with Gasteiger partial charge in [0, 0.05) is 0 Å². The van der Waals surface area contributed by atoms with Crippen molar-refractivity contribution in [2.24, 2.45) is 10.8 Å². The Morgan fingerprint density at radius 3 is 2.24 bits per heavy atom. The SMILES string of the molecule is C=C[C@]1(COP(=O)(OCOC(=O)C(C)(C)C)OCOC(=O)C(C)(C)C)OC(n2cnc3c(=O)[nH]c(N)nc32)[C@H](F)[C@@H]1O. The number of phosphoric acid groups is 1.